The van der Waals surface area contributed by atoms with E-state index in [9.17, 15) is 13.2 Å². The first kappa shape index (κ1) is 27.6. The van der Waals surface area contributed by atoms with Gasteiger partial charge in [0.2, 0.25) is 0 Å². The van der Waals surface area contributed by atoms with Crippen molar-refractivity contribution in [1.29, 1.82) is 0 Å². The molecular formula is C37H23F3S3. The summed E-state index contributed by atoms with van der Waals surface area (Å²) in [6.45, 7) is 0. The number of benzene rings is 4. The van der Waals surface area contributed by atoms with Crippen molar-refractivity contribution in [2.24, 2.45) is 0 Å². The Labute approximate surface area is 260 Å². The van der Waals surface area contributed by atoms with Gasteiger partial charge in [-0.05, 0) is 81.9 Å². The molecule has 0 spiro atoms. The van der Waals surface area contributed by atoms with Crippen molar-refractivity contribution in [3.8, 4) is 62.6 Å². The third-order valence-electron chi connectivity index (χ3n) is 7.28. The summed E-state index contributed by atoms with van der Waals surface area (Å²) in [5.74, 6) is 0. The number of rotatable bonds is 6. The van der Waals surface area contributed by atoms with Crippen LogP contribution in [0.5, 0.6) is 0 Å². The summed E-state index contributed by atoms with van der Waals surface area (Å²) >= 11 is 5.16. The highest BCUT2D eigenvalue weighted by Crippen LogP contribution is 2.40. The zero-order valence-corrected chi connectivity index (χ0v) is 25.1. The monoisotopic (exact) mass is 620 g/mol. The highest BCUT2D eigenvalue weighted by molar-refractivity contribution is 7.19. The molecule has 3 heterocycles. The van der Waals surface area contributed by atoms with Crippen LogP contribution in [0.25, 0.3) is 62.6 Å². The Hall–Kier alpha value is -4.23. The Morgan fingerprint density at radius 2 is 0.558 bits per heavy atom. The second kappa shape index (κ2) is 11.5. The van der Waals surface area contributed by atoms with E-state index in [4.69, 9.17) is 0 Å². The summed E-state index contributed by atoms with van der Waals surface area (Å²) in [6.07, 6.45) is -4.33. The fourth-order valence-corrected chi connectivity index (χ4v) is 8.02. The molecule has 210 valence electrons. The number of thiophene rings is 3. The average molecular weight is 621 g/mol. The number of hydrogen-bond donors (Lipinski definition) is 0. The van der Waals surface area contributed by atoms with Crippen LogP contribution in [0.2, 0.25) is 0 Å². The molecule has 0 aliphatic carbocycles. The van der Waals surface area contributed by atoms with Crippen molar-refractivity contribution in [3.63, 3.8) is 0 Å². The van der Waals surface area contributed by atoms with Crippen molar-refractivity contribution in [2.75, 3.05) is 0 Å². The Morgan fingerprint density at radius 1 is 0.302 bits per heavy atom. The maximum atomic E-state index is 12.9. The normalized spacial score (nSPS) is 11.6. The summed E-state index contributed by atoms with van der Waals surface area (Å²) < 4.78 is 38.7. The molecule has 0 unspecified atom stereocenters. The molecule has 0 saturated heterocycles. The van der Waals surface area contributed by atoms with E-state index in [1.165, 1.54) is 48.3 Å². The van der Waals surface area contributed by atoms with Gasteiger partial charge >= 0.3 is 6.18 Å². The van der Waals surface area contributed by atoms with Crippen LogP contribution in [0.4, 0.5) is 13.2 Å². The standard InChI is InChI=1S/C37H23F3S3/c38-37(39,40)30-16-14-29(15-17-30)36-23-22-35(43-36)28-12-10-27(11-13-28)34-21-20-33(42-34)26-8-6-25(7-9-26)32-19-18-31(41-32)24-4-2-1-3-5-24/h1-23H. The molecule has 0 atom stereocenters. The molecule has 0 radical (unpaired) electrons. The molecule has 0 saturated carbocycles. The van der Waals surface area contributed by atoms with Gasteiger partial charge in [0, 0.05) is 29.3 Å². The highest BCUT2D eigenvalue weighted by Gasteiger charge is 2.30. The lowest BCUT2D eigenvalue weighted by molar-refractivity contribution is -0.137. The van der Waals surface area contributed by atoms with Crippen LogP contribution in [0.3, 0.4) is 0 Å². The zero-order chi connectivity index (χ0) is 29.4. The van der Waals surface area contributed by atoms with Gasteiger partial charge in [-0.25, -0.2) is 0 Å². The molecule has 0 bridgehead atoms. The zero-order valence-electron chi connectivity index (χ0n) is 22.6. The second-order valence-electron chi connectivity index (χ2n) is 10.1. The van der Waals surface area contributed by atoms with Crippen LogP contribution in [0, 0.1) is 0 Å². The molecule has 0 amide bonds. The number of alkyl halides is 3. The molecule has 0 fully saturated rings. The van der Waals surface area contributed by atoms with Gasteiger partial charge in [-0.1, -0.05) is 91.0 Å². The summed E-state index contributed by atoms with van der Waals surface area (Å²) in [6, 6.07) is 45.8. The first-order valence-electron chi connectivity index (χ1n) is 13.6. The minimum Gasteiger partial charge on any atom is -0.166 e. The van der Waals surface area contributed by atoms with Gasteiger partial charge in [0.1, 0.15) is 0 Å². The van der Waals surface area contributed by atoms with Gasteiger partial charge in [-0.15, -0.1) is 34.0 Å². The van der Waals surface area contributed by atoms with Crippen LogP contribution in [-0.4, -0.2) is 0 Å². The van der Waals surface area contributed by atoms with Crippen LogP contribution >= 0.6 is 34.0 Å². The molecule has 6 heteroatoms. The van der Waals surface area contributed by atoms with E-state index in [-0.39, 0.29) is 0 Å². The molecule has 0 nitrogen and oxygen atoms in total. The van der Waals surface area contributed by atoms with Crippen LogP contribution < -0.4 is 0 Å². The number of hydrogen-bond acceptors (Lipinski definition) is 3. The molecule has 0 aliphatic rings. The predicted octanol–water partition coefficient (Wildman–Crippen LogP) is 12.9. The SMILES string of the molecule is FC(F)(F)c1ccc(-c2ccc(-c3ccc(-c4ccc(-c5ccc(-c6ccc(-c7ccccc7)s6)cc5)s4)cc3)s2)cc1. The minimum atomic E-state index is -4.33. The van der Waals surface area contributed by atoms with Gasteiger partial charge in [0.15, 0.2) is 0 Å². The van der Waals surface area contributed by atoms with Crippen LogP contribution in [-0.2, 0) is 6.18 Å². The van der Waals surface area contributed by atoms with Crippen LogP contribution in [0.15, 0.2) is 140 Å². The lowest BCUT2D eigenvalue weighted by Gasteiger charge is -2.06. The number of halogens is 3. The third-order valence-corrected chi connectivity index (χ3v) is 10.8. The molecule has 7 rings (SSSR count). The van der Waals surface area contributed by atoms with Crippen molar-refractivity contribution >= 4 is 34.0 Å². The summed E-state index contributed by atoms with van der Waals surface area (Å²) in [5.41, 5.74) is 6.06. The second-order valence-corrected chi connectivity index (χ2v) is 13.3. The van der Waals surface area contributed by atoms with Crippen molar-refractivity contribution < 1.29 is 13.2 Å². The highest BCUT2D eigenvalue weighted by atomic mass is 32.1. The third kappa shape index (κ3) is 5.87. The van der Waals surface area contributed by atoms with E-state index < -0.39 is 11.7 Å². The van der Waals surface area contributed by atoms with Gasteiger partial charge < -0.3 is 0 Å². The van der Waals surface area contributed by atoms with E-state index in [1.54, 1.807) is 22.7 Å². The fraction of sp³-hybridized carbons (Fsp3) is 0.0270. The van der Waals surface area contributed by atoms with Gasteiger partial charge in [-0.3, -0.25) is 0 Å². The summed E-state index contributed by atoms with van der Waals surface area (Å²) in [7, 11) is 0. The molecule has 4 aromatic carbocycles. The molecule has 0 N–H and O–H groups in total. The quantitative estimate of drug-likeness (QED) is 0.173. The van der Waals surface area contributed by atoms with Crippen LogP contribution in [0.1, 0.15) is 5.56 Å². The topological polar surface area (TPSA) is 0 Å². The molecule has 43 heavy (non-hydrogen) atoms. The van der Waals surface area contributed by atoms with Crippen molar-refractivity contribution in [2.45, 2.75) is 6.18 Å². The average Bonchev–Trinajstić information content (AvgIpc) is 3.83. The fourth-order valence-electron chi connectivity index (χ4n) is 4.97. The van der Waals surface area contributed by atoms with Crippen molar-refractivity contribution in [3.05, 3.63) is 145 Å². The van der Waals surface area contributed by atoms with Gasteiger partial charge in [0.05, 0.1) is 5.56 Å². The van der Waals surface area contributed by atoms with Gasteiger partial charge in [0.25, 0.3) is 0 Å². The van der Waals surface area contributed by atoms with E-state index in [0.717, 1.165) is 38.6 Å². The first-order chi connectivity index (χ1) is 20.9. The lowest BCUT2D eigenvalue weighted by atomic mass is 10.1. The van der Waals surface area contributed by atoms with E-state index >= 15 is 0 Å². The Morgan fingerprint density at radius 3 is 0.837 bits per heavy atom. The minimum absolute atomic E-state index is 0.631. The Kier molecular flexibility index (Phi) is 7.35. The summed E-state index contributed by atoms with van der Waals surface area (Å²) in [4.78, 5) is 6.98. The predicted molar refractivity (Wildman–Crippen MR) is 178 cm³/mol. The van der Waals surface area contributed by atoms with E-state index in [2.05, 4.69) is 97.1 Å². The molecular weight excluding hydrogens is 598 g/mol. The molecule has 7 aromatic rings. The molecule has 0 aliphatic heterocycles. The van der Waals surface area contributed by atoms with E-state index in [0.29, 0.717) is 0 Å². The first-order valence-corrected chi connectivity index (χ1v) is 16.1. The van der Waals surface area contributed by atoms with Crippen molar-refractivity contribution in [1.82, 2.24) is 0 Å². The molecule has 3 aromatic heterocycles. The lowest BCUT2D eigenvalue weighted by Crippen LogP contribution is -2.03. The largest absolute Gasteiger partial charge is 0.416 e. The maximum Gasteiger partial charge on any atom is 0.416 e. The Balaban J connectivity index is 1.04. The van der Waals surface area contributed by atoms with E-state index in [1.807, 2.05) is 29.5 Å². The Bertz CT molecular complexity index is 1970. The smallest absolute Gasteiger partial charge is 0.166 e. The summed E-state index contributed by atoms with van der Waals surface area (Å²) in [5, 5.41) is 0. The maximum absolute atomic E-state index is 12.9. The van der Waals surface area contributed by atoms with Gasteiger partial charge in [-0.2, -0.15) is 13.2 Å².